The molecule has 2 N–H and O–H groups in total. The van der Waals surface area contributed by atoms with Gasteiger partial charge in [-0.1, -0.05) is 25.1 Å². The molecule has 0 amide bonds. The number of hydrogen-bond donors (Lipinski definition) is 2. The smallest absolute Gasteiger partial charge is 0.191 e. The lowest BCUT2D eigenvalue weighted by Gasteiger charge is -2.19. The summed E-state index contributed by atoms with van der Waals surface area (Å²) in [6.45, 7) is 5.57. The number of anilines is 1. The lowest BCUT2D eigenvalue weighted by molar-refractivity contribution is 0.630. The van der Waals surface area contributed by atoms with Crippen molar-refractivity contribution in [1.29, 1.82) is 0 Å². The van der Waals surface area contributed by atoms with Crippen molar-refractivity contribution in [2.24, 2.45) is 4.99 Å². The second-order valence-electron chi connectivity index (χ2n) is 5.83. The molecule has 1 heterocycles. The van der Waals surface area contributed by atoms with Crippen LogP contribution in [0.5, 0.6) is 0 Å². The van der Waals surface area contributed by atoms with Crippen molar-refractivity contribution >= 4 is 35.6 Å². The summed E-state index contributed by atoms with van der Waals surface area (Å²) in [4.78, 5) is 6.52. The highest BCUT2D eigenvalue weighted by Gasteiger charge is 2.03. The number of rotatable bonds is 9. The van der Waals surface area contributed by atoms with Crippen LogP contribution >= 0.6 is 24.0 Å². The Labute approximate surface area is 173 Å². The van der Waals surface area contributed by atoms with Crippen LogP contribution in [0.1, 0.15) is 19.2 Å². The van der Waals surface area contributed by atoms with Crippen molar-refractivity contribution < 1.29 is 0 Å². The molecule has 144 valence electrons. The molecule has 2 aromatic rings. The fraction of sp³-hybridized carbons (Fsp3) is 0.500. The second-order valence-corrected chi connectivity index (χ2v) is 5.83. The highest BCUT2D eigenvalue weighted by molar-refractivity contribution is 14.0. The first-order valence-electron chi connectivity index (χ1n) is 8.82. The van der Waals surface area contributed by atoms with Gasteiger partial charge < -0.3 is 20.1 Å². The van der Waals surface area contributed by atoms with Gasteiger partial charge in [0.05, 0.1) is 0 Å². The molecule has 26 heavy (non-hydrogen) atoms. The van der Waals surface area contributed by atoms with E-state index in [9.17, 15) is 0 Å². The van der Waals surface area contributed by atoms with Crippen molar-refractivity contribution in [3.8, 4) is 0 Å². The van der Waals surface area contributed by atoms with Gasteiger partial charge in [0.25, 0.3) is 0 Å². The maximum atomic E-state index is 4.26. The number of para-hydroxylation sites is 1. The normalized spacial score (nSPS) is 11.0. The fourth-order valence-corrected chi connectivity index (χ4v) is 2.59. The number of nitrogens with one attached hydrogen (secondary N) is 2. The maximum Gasteiger partial charge on any atom is 0.191 e. The molecule has 1 aromatic heterocycles. The highest BCUT2D eigenvalue weighted by Crippen LogP contribution is 2.10. The Hall–Kier alpha value is -1.84. The number of guanidine groups is 1. The summed E-state index contributed by atoms with van der Waals surface area (Å²) >= 11 is 0. The molecule has 8 heteroatoms. The van der Waals surface area contributed by atoms with Crippen LogP contribution in [-0.2, 0) is 13.0 Å². The molecule has 0 radical (unpaired) electrons. The van der Waals surface area contributed by atoms with E-state index < -0.39 is 0 Å². The van der Waals surface area contributed by atoms with Gasteiger partial charge in [0.15, 0.2) is 5.96 Å². The van der Waals surface area contributed by atoms with Crippen LogP contribution in [0.4, 0.5) is 5.69 Å². The predicted molar refractivity (Wildman–Crippen MR) is 119 cm³/mol. The zero-order valence-corrected chi connectivity index (χ0v) is 18.2. The summed E-state index contributed by atoms with van der Waals surface area (Å²) < 4.78 is 2.06. The molecule has 0 saturated carbocycles. The summed E-state index contributed by atoms with van der Waals surface area (Å²) in [6, 6.07) is 10.4. The topological polar surface area (TPSA) is 70.4 Å². The molecule has 7 nitrogen and oxygen atoms in total. The van der Waals surface area contributed by atoms with Crippen LogP contribution in [0.3, 0.4) is 0 Å². The van der Waals surface area contributed by atoms with Crippen LogP contribution < -0.4 is 15.5 Å². The van der Waals surface area contributed by atoms with Crippen molar-refractivity contribution in [3.05, 3.63) is 42.5 Å². The van der Waals surface area contributed by atoms with Crippen LogP contribution in [0.15, 0.2) is 41.7 Å². The van der Waals surface area contributed by atoms with Crippen molar-refractivity contribution in [2.45, 2.75) is 26.3 Å². The molecule has 0 aliphatic rings. The lowest BCUT2D eigenvalue weighted by Crippen LogP contribution is -2.40. The van der Waals surface area contributed by atoms with Gasteiger partial charge in [-0.05, 0) is 18.6 Å². The van der Waals surface area contributed by atoms with E-state index in [2.05, 4.69) is 73.5 Å². The summed E-state index contributed by atoms with van der Waals surface area (Å²) in [6.07, 6.45) is 3.70. The molecule has 0 bridgehead atoms. The maximum absolute atomic E-state index is 4.26. The Balaban J connectivity index is 0.00000338. The number of aliphatic imine (C=N–C) groups is 1. The molecular weight excluding hydrogens is 441 g/mol. The highest BCUT2D eigenvalue weighted by atomic mass is 127. The Bertz CT molecular complexity index is 642. The zero-order valence-electron chi connectivity index (χ0n) is 15.9. The van der Waals surface area contributed by atoms with Crippen molar-refractivity contribution in [2.75, 3.05) is 38.6 Å². The number of hydrogen-bond acceptors (Lipinski definition) is 4. The predicted octanol–water partition coefficient (Wildman–Crippen LogP) is 2.15. The largest absolute Gasteiger partial charge is 0.375 e. The minimum Gasteiger partial charge on any atom is -0.375 e. The van der Waals surface area contributed by atoms with E-state index in [1.54, 1.807) is 13.4 Å². The Morgan fingerprint density at radius 2 is 1.92 bits per heavy atom. The molecule has 0 saturated heterocycles. The van der Waals surface area contributed by atoms with E-state index >= 15 is 0 Å². The molecule has 0 aliphatic heterocycles. The summed E-state index contributed by atoms with van der Waals surface area (Å²) in [7, 11) is 3.91. The van der Waals surface area contributed by atoms with Gasteiger partial charge in [-0.25, -0.2) is 0 Å². The molecule has 0 atom stereocenters. The number of halogens is 1. The third-order valence-corrected chi connectivity index (χ3v) is 4.04. The number of aromatic nitrogens is 3. The Morgan fingerprint density at radius 3 is 2.62 bits per heavy atom. The van der Waals surface area contributed by atoms with Crippen LogP contribution in [0, 0.1) is 0 Å². The van der Waals surface area contributed by atoms with E-state index in [0.717, 1.165) is 50.8 Å². The van der Waals surface area contributed by atoms with Crippen LogP contribution in [0.25, 0.3) is 0 Å². The van der Waals surface area contributed by atoms with Gasteiger partial charge in [0.1, 0.15) is 12.2 Å². The summed E-state index contributed by atoms with van der Waals surface area (Å²) in [5.41, 5.74) is 1.24. The van der Waals surface area contributed by atoms with Crippen LogP contribution in [-0.4, -0.2) is 54.5 Å². The average molecular weight is 471 g/mol. The van der Waals surface area contributed by atoms with E-state index in [-0.39, 0.29) is 24.0 Å². The standard InChI is InChI=1S/C18H29N7.HI/c1-4-17-23-22-15-25(17)14-12-21-18(19-2)20-11-8-13-24(3)16-9-6-5-7-10-16;/h5-7,9-10,15H,4,8,11-14H2,1-3H3,(H2,19,20,21);1H. The SMILES string of the molecule is CCc1nncn1CCNC(=NC)NCCCN(C)c1ccccc1.I. The first-order chi connectivity index (χ1) is 12.2. The third kappa shape index (κ3) is 7.19. The van der Waals surface area contributed by atoms with Gasteiger partial charge >= 0.3 is 0 Å². The molecule has 0 spiro atoms. The van der Waals surface area contributed by atoms with E-state index in [1.165, 1.54) is 5.69 Å². The van der Waals surface area contributed by atoms with E-state index in [4.69, 9.17) is 0 Å². The first-order valence-corrected chi connectivity index (χ1v) is 8.82. The quantitative estimate of drug-likeness (QED) is 0.254. The number of benzene rings is 1. The number of nitrogens with zero attached hydrogens (tertiary/aromatic N) is 5. The third-order valence-electron chi connectivity index (χ3n) is 4.04. The summed E-state index contributed by atoms with van der Waals surface area (Å²) in [5, 5.41) is 14.7. The molecule has 0 aliphatic carbocycles. The van der Waals surface area contributed by atoms with Crippen LogP contribution in [0.2, 0.25) is 0 Å². The minimum absolute atomic E-state index is 0. The van der Waals surface area contributed by atoms with Gasteiger partial charge in [0, 0.05) is 52.4 Å². The minimum atomic E-state index is 0. The van der Waals surface area contributed by atoms with Gasteiger partial charge in [-0.3, -0.25) is 4.99 Å². The lowest BCUT2D eigenvalue weighted by atomic mass is 10.3. The van der Waals surface area contributed by atoms with Crippen molar-refractivity contribution in [3.63, 3.8) is 0 Å². The van der Waals surface area contributed by atoms with E-state index in [0.29, 0.717) is 0 Å². The molecule has 2 rings (SSSR count). The number of aryl methyl sites for hydroxylation is 1. The summed E-state index contributed by atoms with van der Waals surface area (Å²) in [5.74, 6) is 1.84. The Morgan fingerprint density at radius 1 is 1.19 bits per heavy atom. The fourth-order valence-electron chi connectivity index (χ4n) is 2.59. The second kappa shape index (κ2) is 12.5. The monoisotopic (exact) mass is 471 g/mol. The van der Waals surface area contributed by atoms with E-state index in [1.807, 2.05) is 6.07 Å². The van der Waals surface area contributed by atoms with Crippen molar-refractivity contribution in [1.82, 2.24) is 25.4 Å². The molecule has 0 unspecified atom stereocenters. The molecule has 0 fully saturated rings. The molecular formula is C18H30IN7. The van der Waals surface area contributed by atoms with Gasteiger partial charge in [-0.15, -0.1) is 34.2 Å². The Kier molecular flexibility index (Phi) is 10.7. The zero-order chi connectivity index (χ0) is 17.9. The average Bonchev–Trinajstić information content (AvgIpc) is 3.11. The van der Waals surface area contributed by atoms with Gasteiger partial charge in [-0.2, -0.15) is 0 Å². The first kappa shape index (κ1) is 22.2. The van der Waals surface area contributed by atoms with Gasteiger partial charge in [0.2, 0.25) is 0 Å². The molecule has 1 aromatic carbocycles.